The van der Waals surface area contributed by atoms with Crippen molar-refractivity contribution in [2.75, 3.05) is 72.8 Å². The highest BCUT2D eigenvalue weighted by Crippen LogP contribution is 2.16. The molecule has 8 nitrogen and oxygen atoms in total. The van der Waals surface area contributed by atoms with E-state index in [4.69, 9.17) is 14.2 Å². The summed E-state index contributed by atoms with van der Waals surface area (Å²) in [4.78, 5) is 21.0. The minimum absolute atomic E-state index is 0. The quantitative estimate of drug-likeness (QED) is 0.235. The molecule has 3 aliphatic rings. The number of nitrogens with one attached hydrogen (secondary N) is 1. The van der Waals surface area contributed by atoms with Crippen molar-refractivity contribution in [1.82, 2.24) is 15.1 Å². The molecule has 1 N–H and O–H groups in total. The molecule has 3 heterocycles. The van der Waals surface area contributed by atoms with Crippen LogP contribution in [0.4, 0.5) is 0 Å². The number of ether oxygens (including phenoxy) is 3. The molecule has 29 heavy (non-hydrogen) atoms. The predicted molar refractivity (Wildman–Crippen MR) is 123 cm³/mol. The summed E-state index contributed by atoms with van der Waals surface area (Å²) in [6.45, 7) is 7.99. The standard InChI is InChI=1S/C20H36N4O4.HI/c1-21-20(22-7-3-12-27-16-17-5-14-26-15-6-17)24-10-8-23(9-11-24)19(25)18-4-2-13-28-18;/h17-18H,2-16H2,1H3,(H,21,22);1H. The molecular weight excluding hydrogens is 487 g/mol. The highest BCUT2D eigenvalue weighted by Gasteiger charge is 2.30. The van der Waals surface area contributed by atoms with Crippen molar-refractivity contribution in [1.29, 1.82) is 0 Å². The van der Waals surface area contributed by atoms with Crippen molar-refractivity contribution in [2.45, 2.75) is 38.2 Å². The Hall–Kier alpha value is -0.650. The summed E-state index contributed by atoms with van der Waals surface area (Å²) in [6.07, 6.45) is 4.83. The van der Waals surface area contributed by atoms with Crippen molar-refractivity contribution in [2.24, 2.45) is 10.9 Å². The summed E-state index contributed by atoms with van der Waals surface area (Å²) >= 11 is 0. The van der Waals surface area contributed by atoms with Gasteiger partial charge < -0.3 is 29.3 Å². The largest absolute Gasteiger partial charge is 0.381 e. The van der Waals surface area contributed by atoms with E-state index in [0.717, 1.165) is 97.2 Å². The van der Waals surface area contributed by atoms with Gasteiger partial charge in [0.2, 0.25) is 0 Å². The number of amides is 1. The number of halogens is 1. The van der Waals surface area contributed by atoms with Crippen LogP contribution in [0.2, 0.25) is 0 Å². The van der Waals surface area contributed by atoms with Crippen molar-refractivity contribution in [3.63, 3.8) is 0 Å². The fourth-order valence-electron chi connectivity index (χ4n) is 3.98. The Morgan fingerprint density at radius 3 is 2.48 bits per heavy atom. The van der Waals surface area contributed by atoms with Gasteiger partial charge in [-0.1, -0.05) is 0 Å². The minimum Gasteiger partial charge on any atom is -0.381 e. The molecule has 1 atom stereocenters. The van der Waals surface area contributed by atoms with E-state index in [9.17, 15) is 4.79 Å². The Kier molecular flexibility index (Phi) is 11.6. The number of hydrogen-bond acceptors (Lipinski definition) is 5. The molecule has 0 bridgehead atoms. The summed E-state index contributed by atoms with van der Waals surface area (Å²) < 4.78 is 16.7. The number of guanidine groups is 1. The third-order valence-corrected chi connectivity index (χ3v) is 5.75. The topological polar surface area (TPSA) is 75.6 Å². The third kappa shape index (κ3) is 7.84. The van der Waals surface area contributed by atoms with Gasteiger partial charge >= 0.3 is 0 Å². The third-order valence-electron chi connectivity index (χ3n) is 5.75. The number of aliphatic imine (C=N–C) groups is 1. The number of hydrogen-bond donors (Lipinski definition) is 1. The van der Waals surface area contributed by atoms with Crippen LogP contribution in [0.1, 0.15) is 32.1 Å². The van der Waals surface area contributed by atoms with E-state index >= 15 is 0 Å². The Balaban J connectivity index is 0.00000300. The van der Waals surface area contributed by atoms with Gasteiger partial charge in [0.05, 0.1) is 0 Å². The lowest BCUT2D eigenvalue weighted by molar-refractivity contribution is -0.142. The van der Waals surface area contributed by atoms with E-state index in [2.05, 4.69) is 15.2 Å². The van der Waals surface area contributed by atoms with E-state index in [1.165, 1.54) is 0 Å². The summed E-state index contributed by atoms with van der Waals surface area (Å²) in [7, 11) is 1.81. The smallest absolute Gasteiger partial charge is 0.251 e. The van der Waals surface area contributed by atoms with Gasteiger partial charge in [-0.15, -0.1) is 24.0 Å². The second-order valence-corrected chi connectivity index (χ2v) is 7.77. The number of piperazine rings is 1. The van der Waals surface area contributed by atoms with Gasteiger partial charge in [-0.25, -0.2) is 0 Å². The molecule has 0 aromatic heterocycles. The first-order valence-electron chi connectivity index (χ1n) is 10.8. The molecule has 9 heteroatoms. The fourth-order valence-corrected chi connectivity index (χ4v) is 3.98. The molecular formula is C20H37IN4O4. The van der Waals surface area contributed by atoms with Crippen LogP contribution in [-0.4, -0.2) is 101 Å². The second kappa shape index (κ2) is 13.6. The molecule has 1 unspecified atom stereocenters. The summed E-state index contributed by atoms with van der Waals surface area (Å²) in [5.74, 6) is 1.72. The van der Waals surface area contributed by atoms with E-state index in [-0.39, 0.29) is 36.0 Å². The molecule has 0 aromatic carbocycles. The zero-order valence-electron chi connectivity index (χ0n) is 17.6. The van der Waals surface area contributed by atoms with Crippen molar-refractivity contribution in [3.8, 4) is 0 Å². The maximum absolute atomic E-state index is 12.4. The molecule has 0 saturated carbocycles. The Morgan fingerprint density at radius 2 is 1.83 bits per heavy atom. The Morgan fingerprint density at radius 1 is 1.10 bits per heavy atom. The van der Waals surface area contributed by atoms with Crippen molar-refractivity contribution >= 4 is 35.8 Å². The number of rotatable bonds is 7. The van der Waals surface area contributed by atoms with Crippen LogP contribution in [0.3, 0.4) is 0 Å². The second-order valence-electron chi connectivity index (χ2n) is 7.77. The number of carbonyl (C=O) groups excluding carboxylic acids is 1. The molecule has 3 rings (SSSR count). The van der Waals surface area contributed by atoms with E-state index < -0.39 is 0 Å². The zero-order valence-corrected chi connectivity index (χ0v) is 20.0. The van der Waals surface area contributed by atoms with Crippen LogP contribution >= 0.6 is 24.0 Å². The normalized spacial score (nSPS) is 23.8. The summed E-state index contributed by atoms with van der Waals surface area (Å²) in [6, 6.07) is 0. The lowest BCUT2D eigenvalue weighted by Crippen LogP contribution is -2.55. The van der Waals surface area contributed by atoms with Crippen LogP contribution < -0.4 is 5.32 Å². The first-order chi connectivity index (χ1) is 13.8. The van der Waals surface area contributed by atoms with Crippen molar-refractivity contribution < 1.29 is 19.0 Å². The van der Waals surface area contributed by atoms with Gasteiger partial charge in [0.1, 0.15) is 6.10 Å². The first kappa shape index (κ1) is 24.6. The van der Waals surface area contributed by atoms with Gasteiger partial charge in [-0.2, -0.15) is 0 Å². The van der Waals surface area contributed by atoms with Gasteiger partial charge in [0.15, 0.2) is 5.96 Å². The van der Waals surface area contributed by atoms with Crippen LogP contribution in [0, 0.1) is 5.92 Å². The van der Waals surface area contributed by atoms with Gasteiger partial charge in [-0.3, -0.25) is 9.79 Å². The monoisotopic (exact) mass is 524 g/mol. The molecule has 0 radical (unpaired) electrons. The molecule has 3 fully saturated rings. The van der Waals surface area contributed by atoms with Gasteiger partial charge in [0.25, 0.3) is 5.91 Å². The minimum atomic E-state index is -0.217. The average Bonchev–Trinajstić information content (AvgIpc) is 3.29. The van der Waals surface area contributed by atoms with Crippen LogP contribution in [0.5, 0.6) is 0 Å². The molecule has 0 spiro atoms. The lowest BCUT2D eigenvalue weighted by Gasteiger charge is -2.37. The molecule has 3 saturated heterocycles. The highest BCUT2D eigenvalue weighted by atomic mass is 127. The maximum atomic E-state index is 12.4. The molecule has 1 amide bonds. The zero-order chi connectivity index (χ0) is 19.6. The molecule has 3 aliphatic heterocycles. The Bertz CT molecular complexity index is 503. The van der Waals surface area contributed by atoms with Crippen LogP contribution in [-0.2, 0) is 19.0 Å². The fraction of sp³-hybridized carbons (Fsp3) is 0.900. The Labute approximate surface area is 191 Å². The van der Waals surface area contributed by atoms with Crippen molar-refractivity contribution in [3.05, 3.63) is 0 Å². The maximum Gasteiger partial charge on any atom is 0.251 e. The van der Waals surface area contributed by atoms with E-state index in [1.807, 2.05) is 11.9 Å². The highest BCUT2D eigenvalue weighted by molar-refractivity contribution is 14.0. The lowest BCUT2D eigenvalue weighted by atomic mass is 10.0. The van der Waals surface area contributed by atoms with Gasteiger partial charge in [0, 0.05) is 72.8 Å². The van der Waals surface area contributed by atoms with E-state index in [1.54, 1.807) is 0 Å². The molecule has 168 valence electrons. The van der Waals surface area contributed by atoms with Gasteiger partial charge in [-0.05, 0) is 38.0 Å². The predicted octanol–water partition coefficient (Wildman–Crippen LogP) is 1.34. The van der Waals surface area contributed by atoms with Crippen LogP contribution in [0.25, 0.3) is 0 Å². The molecule has 0 aliphatic carbocycles. The number of nitrogens with zero attached hydrogens (tertiary/aromatic N) is 3. The van der Waals surface area contributed by atoms with Crippen LogP contribution in [0.15, 0.2) is 4.99 Å². The first-order valence-corrected chi connectivity index (χ1v) is 10.8. The summed E-state index contributed by atoms with van der Waals surface area (Å²) in [5.41, 5.74) is 0. The SMILES string of the molecule is CN=C(NCCCOCC1CCOCC1)N1CCN(C(=O)C2CCCO2)CC1.I. The van der Waals surface area contributed by atoms with E-state index in [0.29, 0.717) is 12.5 Å². The molecule has 0 aromatic rings. The average molecular weight is 524 g/mol. The number of carbonyl (C=O) groups is 1. The summed E-state index contributed by atoms with van der Waals surface area (Å²) in [5, 5.41) is 3.42.